The first-order chi connectivity index (χ1) is 6.65. The highest BCUT2D eigenvalue weighted by molar-refractivity contribution is 6.28. The molecule has 0 unspecified atom stereocenters. The van der Waals surface area contributed by atoms with Crippen molar-refractivity contribution in [1.82, 2.24) is 0 Å². The van der Waals surface area contributed by atoms with Gasteiger partial charge in [-0.05, 0) is 18.5 Å². The predicted octanol–water partition coefficient (Wildman–Crippen LogP) is 1.90. The highest BCUT2D eigenvalue weighted by atomic mass is 35.5. The summed E-state index contributed by atoms with van der Waals surface area (Å²) in [5.41, 5.74) is 0. The van der Waals surface area contributed by atoms with Crippen LogP contribution in [-0.4, -0.2) is 6.61 Å². The smallest absolute Gasteiger partial charge is 0.289 e. The summed E-state index contributed by atoms with van der Waals surface area (Å²) >= 11 is 5.52. The predicted molar refractivity (Wildman–Crippen MR) is 52.9 cm³/mol. The molecule has 14 heavy (non-hydrogen) atoms. The second kappa shape index (κ2) is 6.98. The summed E-state index contributed by atoms with van der Waals surface area (Å²) in [6, 6.07) is 4.81. The minimum atomic E-state index is 0.121. The van der Waals surface area contributed by atoms with Crippen molar-refractivity contribution >= 4 is 11.6 Å². The third-order valence-corrected chi connectivity index (χ3v) is 1.43. The topological polar surface area (TPSA) is 60.0 Å². The van der Waals surface area contributed by atoms with E-state index in [4.69, 9.17) is 21.6 Å². The van der Waals surface area contributed by atoms with Gasteiger partial charge in [-0.25, -0.2) is 0 Å². The van der Waals surface area contributed by atoms with Crippen LogP contribution in [0.25, 0.3) is 0 Å². The van der Waals surface area contributed by atoms with Crippen LogP contribution in [0.4, 0.5) is 0 Å². The van der Waals surface area contributed by atoms with Crippen LogP contribution in [0, 0.1) is 16.5 Å². The summed E-state index contributed by atoms with van der Waals surface area (Å²) in [7, 11) is 0. The van der Waals surface area contributed by atoms with Gasteiger partial charge in [0, 0.05) is 13.0 Å². The standard InChI is InChI=1S/C7H8ClNO2.C2H3N/c1-2-11-6-3-4-9(10)7(8)5-6;1-2-3/h3-5H,2H2,1H3;1H3. The van der Waals surface area contributed by atoms with Gasteiger partial charge in [0.15, 0.2) is 6.20 Å². The van der Waals surface area contributed by atoms with Crippen LogP contribution in [-0.2, 0) is 0 Å². The lowest BCUT2D eigenvalue weighted by Gasteiger charge is -2.02. The third kappa shape index (κ3) is 4.53. The van der Waals surface area contributed by atoms with E-state index in [0.29, 0.717) is 17.1 Å². The monoisotopic (exact) mass is 214 g/mol. The number of pyridine rings is 1. The fourth-order valence-corrected chi connectivity index (χ4v) is 0.862. The first-order valence-electron chi connectivity index (χ1n) is 3.98. The molecule has 0 saturated heterocycles. The Morgan fingerprint density at radius 1 is 1.71 bits per heavy atom. The Balaban J connectivity index is 0.000000500. The Morgan fingerprint density at radius 2 is 2.29 bits per heavy atom. The lowest BCUT2D eigenvalue weighted by Crippen LogP contribution is -2.26. The highest BCUT2D eigenvalue weighted by Gasteiger charge is 2.02. The van der Waals surface area contributed by atoms with E-state index in [1.165, 1.54) is 19.2 Å². The molecule has 0 bridgehead atoms. The molecule has 0 spiro atoms. The zero-order chi connectivity index (χ0) is 11.0. The van der Waals surface area contributed by atoms with Gasteiger partial charge in [0.2, 0.25) is 0 Å². The molecule has 4 nitrogen and oxygen atoms in total. The fraction of sp³-hybridized carbons (Fsp3) is 0.333. The summed E-state index contributed by atoms with van der Waals surface area (Å²) in [5.74, 6) is 0.615. The molecule has 0 aromatic carbocycles. The zero-order valence-electron chi connectivity index (χ0n) is 8.03. The Labute approximate surface area is 87.9 Å². The molecule has 0 radical (unpaired) electrons. The van der Waals surface area contributed by atoms with E-state index >= 15 is 0 Å². The minimum Gasteiger partial charge on any atom is -0.618 e. The van der Waals surface area contributed by atoms with Gasteiger partial charge >= 0.3 is 0 Å². The maximum absolute atomic E-state index is 10.7. The van der Waals surface area contributed by atoms with E-state index < -0.39 is 0 Å². The van der Waals surface area contributed by atoms with Crippen molar-refractivity contribution < 1.29 is 9.47 Å². The van der Waals surface area contributed by atoms with Gasteiger partial charge in [0.1, 0.15) is 5.75 Å². The van der Waals surface area contributed by atoms with Crippen molar-refractivity contribution in [2.45, 2.75) is 13.8 Å². The summed E-state index contributed by atoms with van der Waals surface area (Å²) < 4.78 is 5.68. The summed E-state index contributed by atoms with van der Waals surface area (Å²) in [6.07, 6.45) is 1.31. The second-order valence-electron chi connectivity index (χ2n) is 2.17. The maximum atomic E-state index is 10.7. The maximum Gasteiger partial charge on any atom is 0.289 e. The second-order valence-corrected chi connectivity index (χ2v) is 2.55. The Bertz CT molecular complexity index is 323. The molecule has 1 rings (SSSR count). The number of aromatic nitrogens is 1. The number of rotatable bonds is 2. The normalized spacial score (nSPS) is 8.14. The fourth-order valence-electron chi connectivity index (χ4n) is 0.698. The Kier molecular flexibility index (Phi) is 6.25. The molecule has 0 amide bonds. The number of hydrogen-bond donors (Lipinski definition) is 0. The first-order valence-corrected chi connectivity index (χ1v) is 4.35. The van der Waals surface area contributed by atoms with Crippen molar-refractivity contribution in [1.29, 1.82) is 5.26 Å². The molecular weight excluding hydrogens is 204 g/mol. The van der Waals surface area contributed by atoms with E-state index in [-0.39, 0.29) is 5.15 Å². The minimum absolute atomic E-state index is 0.121. The van der Waals surface area contributed by atoms with E-state index in [0.717, 1.165) is 0 Å². The number of ether oxygens (including phenoxy) is 1. The summed E-state index contributed by atoms with van der Waals surface area (Å²) in [6.45, 7) is 3.87. The molecular formula is C9H11ClN2O2. The van der Waals surface area contributed by atoms with Crippen LogP contribution in [0.3, 0.4) is 0 Å². The molecule has 76 valence electrons. The van der Waals surface area contributed by atoms with Gasteiger partial charge in [-0.2, -0.15) is 9.99 Å². The van der Waals surface area contributed by atoms with Gasteiger partial charge in [-0.3, -0.25) is 0 Å². The van der Waals surface area contributed by atoms with Crippen molar-refractivity contribution in [3.63, 3.8) is 0 Å². The van der Waals surface area contributed by atoms with Gasteiger partial charge < -0.3 is 9.94 Å². The van der Waals surface area contributed by atoms with Crippen LogP contribution in [0.1, 0.15) is 13.8 Å². The molecule has 1 aromatic rings. The van der Waals surface area contributed by atoms with E-state index in [1.54, 1.807) is 12.1 Å². The lowest BCUT2D eigenvalue weighted by atomic mass is 10.4. The number of nitrogens with zero attached hydrogens (tertiary/aromatic N) is 2. The van der Waals surface area contributed by atoms with Gasteiger partial charge in [0.05, 0.1) is 18.7 Å². The Hall–Kier alpha value is -1.47. The van der Waals surface area contributed by atoms with Crippen molar-refractivity contribution in [3.8, 4) is 11.8 Å². The Morgan fingerprint density at radius 3 is 2.71 bits per heavy atom. The summed E-state index contributed by atoms with van der Waals surface area (Å²) in [4.78, 5) is 0. The van der Waals surface area contributed by atoms with Crippen LogP contribution < -0.4 is 9.47 Å². The van der Waals surface area contributed by atoms with Crippen LogP contribution >= 0.6 is 11.6 Å². The highest BCUT2D eigenvalue weighted by Crippen LogP contribution is 2.12. The first kappa shape index (κ1) is 12.5. The molecule has 0 N–H and O–H groups in total. The quantitative estimate of drug-likeness (QED) is 0.429. The largest absolute Gasteiger partial charge is 0.618 e. The van der Waals surface area contributed by atoms with Gasteiger partial charge in [-0.15, -0.1) is 0 Å². The molecule has 0 aliphatic rings. The summed E-state index contributed by atoms with van der Waals surface area (Å²) in [5, 5.41) is 18.1. The van der Waals surface area contributed by atoms with E-state index in [9.17, 15) is 5.21 Å². The zero-order valence-corrected chi connectivity index (χ0v) is 8.78. The molecule has 1 aromatic heterocycles. The average molecular weight is 215 g/mol. The van der Waals surface area contributed by atoms with Gasteiger partial charge in [-0.1, -0.05) is 0 Å². The number of nitriles is 1. The van der Waals surface area contributed by atoms with Crippen molar-refractivity contribution in [2.24, 2.45) is 0 Å². The molecule has 0 aliphatic heterocycles. The SMILES string of the molecule is CC#N.CCOc1cc[n+]([O-])c(Cl)c1. The van der Waals surface area contributed by atoms with Crippen LogP contribution in [0.5, 0.6) is 5.75 Å². The molecule has 0 saturated carbocycles. The average Bonchev–Trinajstić information content (AvgIpc) is 2.13. The van der Waals surface area contributed by atoms with Crippen molar-refractivity contribution in [2.75, 3.05) is 6.61 Å². The number of hydrogen-bond acceptors (Lipinski definition) is 3. The van der Waals surface area contributed by atoms with Crippen molar-refractivity contribution in [3.05, 3.63) is 28.7 Å². The van der Waals surface area contributed by atoms with Crippen LogP contribution in [0.2, 0.25) is 5.15 Å². The third-order valence-electron chi connectivity index (χ3n) is 1.16. The molecule has 0 aliphatic carbocycles. The lowest BCUT2D eigenvalue weighted by molar-refractivity contribution is -0.603. The molecule has 1 heterocycles. The van der Waals surface area contributed by atoms with E-state index in [2.05, 4.69) is 0 Å². The molecule has 0 atom stereocenters. The van der Waals surface area contributed by atoms with Crippen LogP contribution in [0.15, 0.2) is 18.3 Å². The van der Waals surface area contributed by atoms with Gasteiger partial charge in [0.25, 0.3) is 5.15 Å². The van der Waals surface area contributed by atoms with E-state index in [1.807, 2.05) is 6.92 Å². The molecule has 0 fully saturated rings. The molecule has 5 heteroatoms. The number of halogens is 1.